The summed E-state index contributed by atoms with van der Waals surface area (Å²) in [6, 6.07) is 12.8. The standard InChI is InChI=1S/C44H66N7O6P/c1-6-9-10-11-12-13-14-15-16-17-18-19-28-55-58(53,45-25-27-49(4)5)56-29-20-26-51-33-35(47-48-51)34-54-37-22-23-38-39(31-37)44-43(32-41(38)52)57-42-30-36(50(7-2)8-3)21-24-40(42)46-44/h21-24,30-33H,6-20,25-29,34H2,1-5H3,(H,45,53). The maximum absolute atomic E-state index is 13.6. The van der Waals surface area contributed by atoms with E-state index in [4.69, 9.17) is 23.2 Å². The average molecular weight is 820 g/mol. The lowest BCUT2D eigenvalue weighted by atomic mass is 10.0. The van der Waals surface area contributed by atoms with E-state index in [2.05, 4.69) is 41.1 Å². The predicted octanol–water partition coefficient (Wildman–Crippen LogP) is 9.85. The Kier molecular flexibility index (Phi) is 18.4. The van der Waals surface area contributed by atoms with Gasteiger partial charge in [-0.25, -0.2) is 14.6 Å². The lowest BCUT2D eigenvalue weighted by Gasteiger charge is -2.21. The molecule has 0 spiro atoms. The molecule has 1 aromatic heterocycles. The average Bonchev–Trinajstić information content (AvgIpc) is 3.68. The van der Waals surface area contributed by atoms with E-state index in [-0.39, 0.29) is 18.6 Å². The first-order valence-corrected chi connectivity index (χ1v) is 23.1. The second-order valence-corrected chi connectivity index (χ2v) is 17.2. The van der Waals surface area contributed by atoms with Crippen molar-refractivity contribution in [2.75, 3.05) is 58.4 Å². The molecule has 14 heteroatoms. The minimum absolute atomic E-state index is 0.141. The van der Waals surface area contributed by atoms with Gasteiger partial charge in [0.25, 0.3) is 0 Å². The quantitative estimate of drug-likeness (QED) is 0.0213. The van der Waals surface area contributed by atoms with Crippen LogP contribution in [0.5, 0.6) is 5.75 Å². The summed E-state index contributed by atoms with van der Waals surface area (Å²) in [5, 5.41) is 12.8. The van der Waals surface area contributed by atoms with Crippen molar-refractivity contribution in [1.82, 2.24) is 30.0 Å². The molecule has 0 fully saturated rings. The smallest absolute Gasteiger partial charge is 0.405 e. The van der Waals surface area contributed by atoms with Crippen LogP contribution >= 0.6 is 7.75 Å². The summed E-state index contributed by atoms with van der Waals surface area (Å²) in [4.78, 5) is 22.2. The van der Waals surface area contributed by atoms with Gasteiger partial charge in [0.15, 0.2) is 16.8 Å². The van der Waals surface area contributed by atoms with E-state index in [1.165, 1.54) is 70.3 Å². The number of unbranched alkanes of at least 4 members (excludes halogenated alkanes) is 11. The summed E-state index contributed by atoms with van der Waals surface area (Å²) in [6.45, 7) is 10.8. The fourth-order valence-corrected chi connectivity index (χ4v) is 8.44. The van der Waals surface area contributed by atoms with Gasteiger partial charge in [-0.3, -0.25) is 18.5 Å². The van der Waals surface area contributed by atoms with Crippen LogP contribution in [0.15, 0.2) is 57.9 Å². The van der Waals surface area contributed by atoms with Gasteiger partial charge in [-0.05, 0) is 71.1 Å². The summed E-state index contributed by atoms with van der Waals surface area (Å²) in [5.41, 5.74) is 3.49. The highest BCUT2D eigenvalue weighted by Gasteiger charge is 2.24. The number of likely N-dealkylation sites (N-methyl/N-ethyl adjacent to an activating group) is 1. The van der Waals surface area contributed by atoms with Crippen LogP contribution in [0.25, 0.3) is 33.3 Å². The molecule has 13 nitrogen and oxygen atoms in total. The maximum Gasteiger partial charge on any atom is 0.405 e. The fraction of sp³-hybridized carbons (Fsp3) is 0.591. The Balaban J connectivity index is 1.08. The third-order valence-corrected chi connectivity index (χ3v) is 12.1. The van der Waals surface area contributed by atoms with E-state index >= 15 is 0 Å². The van der Waals surface area contributed by atoms with E-state index in [1.54, 1.807) is 16.8 Å². The van der Waals surface area contributed by atoms with Crippen molar-refractivity contribution in [3.8, 4) is 17.2 Å². The van der Waals surface area contributed by atoms with Crippen LogP contribution in [0.3, 0.4) is 0 Å². The van der Waals surface area contributed by atoms with Crippen LogP contribution in [-0.4, -0.2) is 78.4 Å². The van der Waals surface area contributed by atoms with Gasteiger partial charge in [-0.15, -0.1) is 5.10 Å². The van der Waals surface area contributed by atoms with Crippen molar-refractivity contribution < 1.29 is 22.8 Å². The maximum atomic E-state index is 13.6. The Morgan fingerprint density at radius 3 is 2.19 bits per heavy atom. The summed E-state index contributed by atoms with van der Waals surface area (Å²) in [5.74, 6) is 1.000. The van der Waals surface area contributed by atoms with E-state index in [9.17, 15) is 9.36 Å². The first kappa shape index (κ1) is 45.2. The van der Waals surface area contributed by atoms with E-state index in [1.807, 2.05) is 49.5 Å². The largest absolute Gasteiger partial charge is 0.487 e. The number of nitrogens with zero attached hydrogens (tertiary/aromatic N) is 6. The molecule has 58 heavy (non-hydrogen) atoms. The highest BCUT2D eigenvalue weighted by Crippen LogP contribution is 2.44. The van der Waals surface area contributed by atoms with Crippen molar-refractivity contribution >= 4 is 35.3 Å². The van der Waals surface area contributed by atoms with Crippen molar-refractivity contribution in [1.29, 1.82) is 0 Å². The third kappa shape index (κ3) is 13.9. The zero-order valence-corrected chi connectivity index (χ0v) is 36.4. The van der Waals surface area contributed by atoms with Gasteiger partial charge in [0, 0.05) is 61.3 Å². The number of aryl methyl sites for hydroxylation is 1. The van der Waals surface area contributed by atoms with E-state index in [0.29, 0.717) is 70.9 Å². The first-order valence-electron chi connectivity index (χ1n) is 21.6. The van der Waals surface area contributed by atoms with E-state index < -0.39 is 7.75 Å². The number of rotatable bonds is 29. The third-order valence-electron chi connectivity index (χ3n) is 10.4. The number of fused-ring (bicyclic) bond motifs is 4. The van der Waals surface area contributed by atoms with Gasteiger partial charge in [0.1, 0.15) is 29.3 Å². The summed E-state index contributed by atoms with van der Waals surface area (Å²) in [7, 11) is 0.501. The lowest BCUT2D eigenvalue weighted by molar-refractivity contribution is 0.187. The molecule has 1 atom stereocenters. The highest BCUT2D eigenvalue weighted by atomic mass is 31.2. The van der Waals surface area contributed by atoms with Crippen LogP contribution in [0.4, 0.5) is 5.69 Å². The van der Waals surface area contributed by atoms with Crippen LogP contribution in [0.1, 0.15) is 110 Å². The molecular weight excluding hydrogens is 754 g/mol. The van der Waals surface area contributed by atoms with Gasteiger partial charge in [0.2, 0.25) is 0 Å². The topological polar surface area (TPSA) is 137 Å². The highest BCUT2D eigenvalue weighted by molar-refractivity contribution is 7.51. The second-order valence-electron chi connectivity index (χ2n) is 15.3. The Bertz CT molecular complexity index is 2050. The van der Waals surface area contributed by atoms with Gasteiger partial charge in [0.05, 0.1) is 19.4 Å². The number of hydrogen-bond donors (Lipinski definition) is 1. The Morgan fingerprint density at radius 1 is 0.810 bits per heavy atom. The molecule has 0 saturated carbocycles. The SMILES string of the molecule is CCCCCCCCCCCCCCOP(=O)(NCCN(C)C)OCCCn1cc(COc2ccc3c(=O)cc4oc5cc(N(CC)CC)ccc5nc-4c3c2)nn1. The molecule has 1 N–H and O–H groups in total. The number of hydrogen-bond acceptors (Lipinski definition) is 11. The van der Waals surface area contributed by atoms with Crippen molar-refractivity contribution in [3.63, 3.8) is 0 Å². The summed E-state index contributed by atoms with van der Waals surface area (Å²) >= 11 is 0. The Morgan fingerprint density at radius 2 is 1.50 bits per heavy atom. The van der Waals surface area contributed by atoms with Gasteiger partial charge in [-0.2, -0.15) is 0 Å². The monoisotopic (exact) mass is 819 g/mol. The molecule has 0 amide bonds. The molecule has 0 saturated heterocycles. The molecule has 0 bridgehead atoms. The van der Waals surface area contributed by atoms with Crippen molar-refractivity contribution in [3.05, 3.63) is 64.6 Å². The number of ether oxygens (including phenoxy) is 1. The summed E-state index contributed by atoms with van der Waals surface area (Å²) in [6.07, 6.45) is 17.5. The minimum Gasteiger partial charge on any atom is -0.487 e. The molecule has 5 rings (SSSR count). The molecule has 3 aromatic rings. The van der Waals surface area contributed by atoms with Crippen LogP contribution in [-0.2, 0) is 26.8 Å². The van der Waals surface area contributed by atoms with E-state index in [0.717, 1.165) is 38.2 Å². The Hall–Kier alpha value is -3.87. The fourth-order valence-electron chi connectivity index (χ4n) is 7.07. The van der Waals surface area contributed by atoms with Crippen molar-refractivity contribution in [2.24, 2.45) is 0 Å². The van der Waals surface area contributed by atoms with Gasteiger partial charge < -0.3 is 19.0 Å². The predicted molar refractivity (Wildman–Crippen MR) is 234 cm³/mol. The normalized spacial score (nSPS) is 12.9. The van der Waals surface area contributed by atoms with Gasteiger partial charge >= 0.3 is 7.75 Å². The molecule has 1 aliphatic carbocycles. The number of benzene rings is 3. The lowest BCUT2D eigenvalue weighted by Crippen LogP contribution is -2.26. The van der Waals surface area contributed by atoms with Crippen LogP contribution in [0.2, 0.25) is 0 Å². The number of nitrogens with one attached hydrogen (secondary N) is 1. The summed E-state index contributed by atoms with van der Waals surface area (Å²) < 4.78 is 39.3. The molecule has 0 radical (unpaired) electrons. The van der Waals surface area contributed by atoms with Crippen molar-refractivity contribution in [2.45, 2.75) is 117 Å². The van der Waals surface area contributed by atoms with Crippen LogP contribution < -0.4 is 20.2 Å². The molecule has 1 aliphatic heterocycles. The molecule has 2 aliphatic rings. The first-order chi connectivity index (χ1) is 28.2. The zero-order valence-electron chi connectivity index (χ0n) is 35.5. The molecule has 1 unspecified atom stereocenters. The second kappa shape index (κ2) is 23.7. The zero-order chi connectivity index (χ0) is 41.2. The Labute approximate surface area is 344 Å². The molecule has 2 heterocycles. The number of anilines is 1. The number of aromatic nitrogens is 4. The molecular formula is C44H66N7O6P. The molecule has 2 aromatic carbocycles. The van der Waals surface area contributed by atoms with Gasteiger partial charge in [-0.1, -0.05) is 82.8 Å². The molecule has 318 valence electrons. The van der Waals surface area contributed by atoms with Crippen LogP contribution in [0, 0.1) is 0 Å². The minimum atomic E-state index is -3.45.